The number of aryl methyl sites for hydroxylation is 1. The second kappa shape index (κ2) is 17.6. The molecule has 0 saturated heterocycles. The molecule has 46 heavy (non-hydrogen) atoms. The van der Waals surface area contributed by atoms with E-state index in [4.69, 9.17) is 23.4 Å². The number of carbonyl (C=O) groups excluding carboxylic acids is 2. The molecule has 0 aliphatic heterocycles. The van der Waals surface area contributed by atoms with Gasteiger partial charge in [-0.25, -0.2) is 18.0 Å². The molecule has 9 nitrogen and oxygen atoms in total. The number of hydrogen-bond acceptors (Lipinski definition) is 9. The summed E-state index contributed by atoms with van der Waals surface area (Å²) in [5.74, 6) is -0.796. The maximum absolute atomic E-state index is 12.7. The van der Waals surface area contributed by atoms with Crippen LogP contribution < -0.4 is 4.74 Å². The first-order valence-electron chi connectivity index (χ1n) is 15.4. The van der Waals surface area contributed by atoms with Crippen LogP contribution in [0.3, 0.4) is 0 Å². The van der Waals surface area contributed by atoms with Gasteiger partial charge in [-0.3, -0.25) is 0 Å². The molecule has 0 bridgehead atoms. The molecular weight excluding hydrogens is 625 g/mol. The summed E-state index contributed by atoms with van der Waals surface area (Å²) >= 11 is 0. The van der Waals surface area contributed by atoms with Crippen LogP contribution >= 0.6 is 0 Å². The van der Waals surface area contributed by atoms with Crippen molar-refractivity contribution in [3.05, 3.63) is 84.0 Å². The lowest BCUT2D eigenvalue weighted by atomic mass is 10.2. The van der Waals surface area contributed by atoms with Crippen molar-refractivity contribution in [1.29, 1.82) is 0 Å². The van der Waals surface area contributed by atoms with Crippen LogP contribution in [0.25, 0.3) is 0 Å². The van der Waals surface area contributed by atoms with Crippen molar-refractivity contribution >= 4 is 30.1 Å². The van der Waals surface area contributed by atoms with Gasteiger partial charge in [0.25, 0.3) is 0 Å². The highest BCUT2D eigenvalue weighted by Gasteiger charge is 2.39. The molecule has 0 heterocycles. The number of rotatable bonds is 17. The first-order chi connectivity index (χ1) is 21.4. The Bertz CT molecular complexity index is 1420. The van der Waals surface area contributed by atoms with Crippen LogP contribution in [0.1, 0.15) is 52.2 Å². The summed E-state index contributed by atoms with van der Waals surface area (Å²) in [4.78, 5) is 24.9. The fourth-order valence-corrected chi connectivity index (χ4v) is 6.46. The van der Waals surface area contributed by atoms with Crippen molar-refractivity contribution in [2.45, 2.75) is 95.9 Å². The maximum Gasteiger partial charge on any atom is 0.330 e. The summed E-state index contributed by atoms with van der Waals surface area (Å²) in [6.45, 7) is 16.4. The Labute approximate surface area is 276 Å². The van der Waals surface area contributed by atoms with E-state index in [1.54, 1.807) is 32.2 Å². The molecule has 0 amide bonds. The van der Waals surface area contributed by atoms with E-state index in [-0.39, 0.29) is 34.8 Å². The number of benzene rings is 2. The highest BCUT2D eigenvalue weighted by Crippen LogP contribution is 2.38. The van der Waals surface area contributed by atoms with Gasteiger partial charge in [0, 0.05) is 18.6 Å². The SMILES string of the molecule is COc1ccc(CO[C@H](/C=C/C(=O)O[C@@H](C)C/C=C/C(=O)OCCS(=O)(=O)c2ccc(C)cc2)[C@H](C)O[Si](C)(C)C(C)(C)C)cc1. The lowest BCUT2D eigenvalue weighted by Gasteiger charge is -2.39. The van der Waals surface area contributed by atoms with Gasteiger partial charge in [0.15, 0.2) is 18.2 Å². The number of methoxy groups -OCH3 is 1. The maximum atomic E-state index is 12.7. The Hall–Kier alpha value is -3.25. The zero-order valence-corrected chi connectivity index (χ0v) is 30.4. The van der Waals surface area contributed by atoms with Crippen LogP contribution in [0, 0.1) is 6.92 Å². The van der Waals surface area contributed by atoms with E-state index in [9.17, 15) is 18.0 Å². The minimum Gasteiger partial charge on any atom is -0.497 e. The molecule has 0 aliphatic rings. The molecule has 0 N–H and O–H groups in total. The molecule has 0 fully saturated rings. The predicted molar refractivity (Wildman–Crippen MR) is 182 cm³/mol. The lowest BCUT2D eigenvalue weighted by Crippen LogP contribution is -2.46. The average Bonchev–Trinajstić information content (AvgIpc) is 2.96. The summed E-state index contributed by atoms with van der Waals surface area (Å²) in [6, 6.07) is 14.1. The van der Waals surface area contributed by atoms with E-state index in [2.05, 4.69) is 33.9 Å². The predicted octanol–water partition coefficient (Wildman–Crippen LogP) is 6.75. The molecule has 0 aliphatic carbocycles. The zero-order valence-electron chi connectivity index (χ0n) is 28.6. The minimum atomic E-state index is -3.56. The van der Waals surface area contributed by atoms with Gasteiger partial charge in [-0.1, -0.05) is 56.7 Å². The molecule has 0 unspecified atom stereocenters. The van der Waals surface area contributed by atoms with Crippen molar-refractivity contribution < 1.29 is 41.4 Å². The van der Waals surface area contributed by atoms with Gasteiger partial charge >= 0.3 is 11.9 Å². The lowest BCUT2D eigenvalue weighted by molar-refractivity contribution is -0.142. The number of ether oxygens (including phenoxy) is 4. The van der Waals surface area contributed by atoms with Gasteiger partial charge in [-0.15, -0.1) is 0 Å². The third kappa shape index (κ3) is 13.2. The first kappa shape index (κ1) is 38.9. The molecule has 2 rings (SSSR count). The Balaban J connectivity index is 1.91. The van der Waals surface area contributed by atoms with E-state index >= 15 is 0 Å². The molecular formula is C35H50O9SSi. The summed E-state index contributed by atoms with van der Waals surface area (Å²) in [6.07, 6.45) is 4.63. The largest absolute Gasteiger partial charge is 0.497 e. The van der Waals surface area contributed by atoms with Crippen molar-refractivity contribution in [3.8, 4) is 5.75 Å². The first-order valence-corrected chi connectivity index (χ1v) is 19.9. The van der Waals surface area contributed by atoms with Gasteiger partial charge in [-0.05, 0) is 74.8 Å². The van der Waals surface area contributed by atoms with Crippen molar-refractivity contribution in [1.82, 2.24) is 0 Å². The van der Waals surface area contributed by atoms with Crippen LogP contribution in [-0.2, 0) is 44.7 Å². The highest BCUT2D eigenvalue weighted by molar-refractivity contribution is 7.91. The van der Waals surface area contributed by atoms with Gasteiger partial charge < -0.3 is 23.4 Å². The van der Waals surface area contributed by atoms with Crippen LogP contribution in [-0.4, -0.2) is 66.5 Å². The third-order valence-corrected chi connectivity index (χ3v) is 14.1. The van der Waals surface area contributed by atoms with Gasteiger partial charge in [-0.2, -0.15) is 0 Å². The smallest absolute Gasteiger partial charge is 0.330 e. The molecule has 0 aromatic heterocycles. The molecule has 254 valence electrons. The van der Waals surface area contributed by atoms with E-state index in [0.717, 1.165) is 16.9 Å². The summed E-state index contributed by atoms with van der Waals surface area (Å²) in [5, 5.41) is -0.00105. The monoisotopic (exact) mass is 674 g/mol. The average molecular weight is 675 g/mol. The molecule has 0 saturated carbocycles. The molecule has 11 heteroatoms. The summed E-state index contributed by atoms with van der Waals surface area (Å²) in [7, 11) is -4.06. The standard InChI is InChI=1S/C35H50O9SSi/c1-26-13-19-31(20-14-26)45(38,39)24-23-41-33(36)12-10-11-27(2)43-34(37)22-21-32(28(3)44-46(8,9)35(4,5)6)42-25-29-15-17-30(40-7)18-16-29/h10,12-22,27-28,32H,11,23-25H2,1-9H3/b12-10+,22-21+/t27-,28-,32+/m0/s1. The van der Waals surface area contributed by atoms with E-state index < -0.39 is 42.3 Å². The fraction of sp³-hybridized carbons (Fsp3) is 0.486. The van der Waals surface area contributed by atoms with Crippen LogP contribution in [0.2, 0.25) is 18.1 Å². The second-order valence-electron chi connectivity index (χ2n) is 12.8. The fourth-order valence-electron chi connectivity index (χ4n) is 3.95. The highest BCUT2D eigenvalue weighted by atomic mass is 32.2. The van der Waals surface area contributed by atoms with E-state index in [1.807, 2.05) is 38.1 Å². The Kier molecular flexibility index (Phi) is 14.9. The third-order valence-electron chi connectivity index (χ3n) is 7.79. The number of esters is 2. The normalized spacial score (nSPS) is 14.6. The molecule has 2 aromatic carbocycles. The van der Waals surface area contributed by atoms with Crippen LogP contribution in [0.5, 0.6) is 5.75 Å². The Morgan fingerprint density at radius 1 is 0.935 bits per heavy atom. The molecule has 3 atom stereocenters. The Morgan fingerprint density at radius 3 is 2.15 bits per heavy atom. The summed E-state index contributed by atoms with van der Waals surface area (Å²) in [5.41, 5.74) is 1.90. The van der Waals surface area contributed by atoms with E-state index in [0.29, 0.717) is 6.61 Å². The minimum absolute atomic E-state index is 0.00105. The molecule has 2 aromatic rings. The van der Waals surface area contributed by atoms with Gasteiger partial charge in [0.05, 0.1) is 30.5 Å². The van der Waals surface area contributed by atoms with E-state index in [1.165, 1.54) is 30.4 Å². The number of hydrogen-bond donors (Lipinski definition) is 0. The molecule has 0 spiro atoms. The van der Waals surface area contributed by atoms with Crippen LogP contribution in [0.15, 0.2) is 77.7 Å². The number of sulfone groups is 1. The van der Waals surface area contributed by atoms with Crippen LogP contribution in [0.4, 0.5) is 0 Å². The topological polar surface area (TPSA) is 114 Å². The molecule has 0 radical (unpaired) electrons. The van der Waals surface area contributed by atoms with Crippen molar-refractivity contribution in [2.75, 3.05) is 19.5 Å². The Morgan fingerprint density at radius 2 is 1.57 bits per heavy atom. The quantitative estimate of drug-likeness (QED) is 0.102. The van der Waals surface area contributed by atoms with Gasteiger partial charge in [0.2, 0.25) is 0 Å². The second-order valence-corrected chi connectivity index (χ2v) is 19.6. The summed E-state index contributed by atoms with van der Waals surface area (Å²) < 4.78 is 53.3. The number of carbonyl (C=O) groups is 2. The van der Waals surface area contributed by atoms with Crippen molar-refractivity contribution in [2.24, 2.45) is 0 Å². The van der Waals surface area contributed by atoms with Crippen molar-refractivity contribution in [3.63, 3.8) is 0 Å². The van der Waals surface area contributed by atoms with Gasteiger partial charge in [0.1, 0.15) is 24.6 Å². The zero-order chi connectivity index (χ0) is 34.5.